The van der Waals surface area contributed by atoms with Gasteiger partial charge in [-0.25, -0.2) is 0 Å². The van der Waals surface area contributed by atoms with E-state index in [1.807, 2.05) is 0 Å². The van der Waals surface area contributed by atoms with Gasteiger partial charge in [-0.05, 0) is 47.9 Å². The van der Waals surface area contributed by atoms with Gasteiger partial charge in [-0.2, -0.15) is 0 Å². The van der Waals surface area contributed by atoms with Crippen LogP contribution >= 0.6 is 0 Å². The maximum absolute atomic E-state index is 5.98. The Balaban J connectivity index is 2.03. The van der Waals surface area contributed by atoms with E-state index in [1.54, 1.807) is 0 Å². The molecule has 1 aliphatic rings. The van der Waals surface area contributed by atoms with E-state index in [-0.39, 0.29) is 5.41 Å². The van der Waals surface area contributed by atoms with E-state index in [0.717, 1.165) is 25.3 Å². The molecule has 0 aromatic heterocycles. The zero-order valence-electron chi connectivity index (χ0n) is 13.6. The molecule has 0 saturated carbocycles. The Morgan fingerprint density at radius 3 is 2.25 bits per heavy atom. The van der Waals surface area contributed by atoms with Crippen molar-refractivity contribution in [1.29, 1.82) is 0 Å². The van der Waals surface area contributed by atoms with Gasteiger partial charge in [-0.3, -0.25) is 0 Å². The third-order valence-electron chi connectivity index (χ3n) is 3.93. The number of hydrogen-bond acceptors (Lipinski definition) is 2. The molecule has 2 heteroatoms. The first-order valence-electron chi connectivity index (χ1n) is 7.74. The molecule has 2 rings (SSSR count). The first-order valence-corrected chi connectivity index (χ1v) is 7.74. The van der Waals surface area contributed by atoms with Crippen LogP contribution in [0.2, 0.25) is 0 Å². The second-order valence-electron chi connectivity index (χ2n) is 7.88. The van der Waals surface area contributed by atoms with Gasteiger partial charge in [0, 0.05) is 6.54 Å². The van der Waals surface area contributed by atoms with Crippen LogP contribution < -0.4 is 10.1 Å². The molecule has 1 aliphatic heterocycles. The molecule has 20 heavy (non-hydrogen) atoms. The highest BCUT2D eigenvalue weighted by atomic mass is 16.5. The van der Waals surface area contributed by atoms with Gasteiger partial charge in [0.15, 0.2) is 0 Å². The van der Waals surface area contributed by atoms with E-state index in [1.165, 1.54) is 12.0 Å². The van der Waals surface area contributed by atoms with Gasteiger partial charge >= 0.3 is 0 Å². The number of ether oxygens (including phenoxy) is 1. The van der Waals surface area contributed by atoms with Gasteiger partial charge in [-0.15, -0.1) is 0 Å². The minimum absolute atomic E-state index is 0.200. The largest absolute Gasteiger partial charge is 0.489 e. The van der Waals surface area contributed by atoms with Crippen molar-refractivity contribution in [2.24, 2.45) is 5.41 Å². The van der Waals surface area contributed by atoms with Gasteiger partial charge < -0.3 is 10.1 Å². The van der Waals surface area contributed by atoms with E-state index < -0.39 is 0 Å². The summed E-state index contributed by atoms with van der Waals surface area (Å²) in [6.45, 7) is 13.6. The summed E-state index contributed by atoms with van der Waals surface area (Å²) in [5, 5.41) is 3.33. The molecule has 0 amide bonds. The molecule has 0 spiro atoms. The molecule has 0 radical (unpaired) electrons. The average Bonchev–Trinajstić information content (AvgIpc) is 2.79. The highest BCUT2D eigenvalue weighted by molar-refractivity contribution is 5.32. The van der Waals surface area contributed by atoms with E-state index in [2.05, 4.69) is 64.2 Å². The van der Waals surface area contributed by atoms with Crippen LogP contribution in [0, 0.1) is 5.41 Å². The third kappa shape index (κ3) is 4.24. The average molecular weight is 275 g/mol. The molecule has 1 aromatic carbocycles. The Morgan fingerprint density at radius 2 is 1.75 bits per heavy atom. The molecule has 0 unspecified atom stereocenters. The number of hydrogen-bond donors (Lipinski definition) is 1. The molecular weight excluding hydrogens is 246 g/mol. The predicted molar refractivity (Wildman–Crippen MR) is 85.4 cm³/mol. The zero-order chi connectivity index (χ0) is 14.8. The van der Waals surface area contributed by atoms with E-state index in [4.69, 9.17) is 4.74 Å². The Kier molecular flexibility index (Phi) is 4.43. The van der Waals surface area contributed by atoms with Crippen molar-refractivity contribution in [3.63, 3.8) is 0 Å². The molecule has 1 aromatic rings. The first kappa shape index (κ1) is 15.4. The van der Waals surface area contributed by atoms with Crippen molar-refractivity contribution in [2.75, 3.05) is 13.1 Å². The molecule has 1 atom stereocenters. The van der Waals surface area contributed by atoms with Crippen molar-refractivity contribution in [3.05, 3.63) is 29.8 Å². The molecule has 1 heterocycles. The SMILES string of the molecule is CC(C)(C)CC(C)(C)c1ccc(O[C@H]2CCNC2)cc1. The predicted octanol–water partition coefficient (Wildman–Crippen LogP) is 4.14. The summed E-state index contributed by atoms with van der Waals surface area (Å²) in [6.07, 6.45) is 2.62. The lowest BCUT2D eigenvalue weighted by atomic mass is 9.72. The van der Waals surface area contributed by atoms with Crippen LogP contribution in [0.4, 0.5) is 0 Å². The van der Waals surface area contributed by atoms with E-state index >= 15 is 0 Å². The van der Waals surface area contributed by atoms with Crippen LogP contribution in [0.1, 0.15) is 53.0 Å². The van der Waals surface area contributed by atoms with Crippen molar-refractivity contribution in [2.45, 2.75) is 59.0 Å². The molecule has 2 nitrogen and oxygen atoms in total. The lowest BCUT2D eigenvalue weighted by Crippen LogP contribution is -2.24. The van der Waals surface area contributed by atoms with E-state index in [9.17, 15) is 0 Å². The molecule has 0 bridgehead atoms. The highest BCUT2D eigenvalue weighted by Crippen LogP contribution is 2.36. The maximum Gasteiger partial charge on any atom is 0.119 e. The minimum atomic E-state index is 0.200. The Morgan fingerprint density at radius 1 is 1.10 bits per heavy atom. The van der Waals surface area contributed by atoms with E-state index in [0.29, 0.717) is 11.5 Å². The van der Waals surface area contributed by atoms with Crippen LogP contribution in [0.5, 0.6) is 5.75 Å². The zero-order valence-corrected chi connectivity index (χ0v) is 13.6. The number of benzene rings is 1. The number of nitrogens with one attached hydrogen (secondary N) is 1. The second-order valence-corrected chi connectivity index (χ2v) is 7.88. The fourth-order valence-electron chi connectivity index (χ4n) is 3.33. The summed E-state index contributed by atoms with van der Waals surface area (Å²) < 4.78 is 5.98. The van der Waals surface area contributed by atoms with Crippen LogP contribution in [0.3, 0.4) is 0 Å². The lowest BCUT2D eigenvalue weighted by Gasteiger charge is -2.33. The van der Waals surface area contributed by atoms with Crippen LogP contribution in [0.15, 0.2) is 24.3 Å². The monoisotopic (exact) mass is 275 g/mol. The molecule has 112 valence electrons. The standard InChI is InChI=1S/C18H29NO/c1-17(2,3)13-18(4,5)14-6-8-15(9-7-14)20-16-10-11-19-12-16/h6-9,16,19H,10-13H2,1-5H3/t16-/m0/s1. The first-order chi connectivity index (χ1) is 9.26. The quantitative estimate of drug-likeness (QED) is 0.891. The number of rotatable bonds is 4. The Labute approximate surface area is 123 Å². The second kappa shape index (κ2) is 5.77. The maximum atomic E-state index is 5.98. The topological polar surface area (TPSA) is 21.3 Å². The Hall–Kier alpha value is -1.02. The van der Waals surface area contributed by atoms with Gasteiger partial charge in [0.2, 0.25) is 0 Å². The molecular formula is C18H29NO. The summed E-state index contributed by atoms with van der Waals surface area (Å²) in [5.41, 5.74) is 1.93. The minimum Gasteiger partial charge on any atom is -0.489 e. The fourth-order valence-corrected chi connectivity index (χ4v) is 3.33. The van der Waals surface area contributed by atoms with Crippen LogP contribution in [0.25, 0.3) is 0 Å². The van der Waals surface area contributed by atoms with Gasteiger partial charge in [-0.1, -0.05) is 46.8 Å². The molecule has 1 N–H and O–H groups in total. The fraction of sp³-hybridized carbons (Fsp3) is 0.667. The summed E-state index contributed by atoms with van der Waals surface area (Å²) in [4.78, 5) is 0. The summed E-state index contributed by atoms with van der Waals surface area (Å²) >= 11 is 0. The van der Waals surface area contributed by atoms with Crippen LogP contribution in [-0.4, -0.2) is 19.2 Å². The smallest absolute Gasteiger partial charge is 0.119 e. The molecule has 0 aliphatic carbocycles. The normalized spacial score (nSPS) is 20.1. The van der Waals surface area contributed by atoms with Crippen LogP contribution in [-0.2, 0) is 5.41 Å². The highest BCUT2D eigenvalue weighted by Gasteiger charge is 2.27. The summed E-state index contributed by atoms with van der Waals surface area (Å²) in [7, 11) is 0. The van der Waals surface area contributed by atoms with Crippen molar-refractivity contribution >= 4 is 0 Å². The Bertz CT molecular complexity index is 422. The third-order valence-corrected chi connectivity index (χ3v) is 3.93. The molecule has 1 fully saturated rings. The summed E-state index contributed by atoms with van der Waals surface area (Å²) in [6, 6.07) is 8.70. The van der Waals surface area contributed by atoms with Gasteiger partial charge in [0.05, 0.1) is 0 Å². The molecule has 1 saturated heterocycles. The van der Waals surface area contributed by atoms with Crippen molar-refractivity contribution in [3.8, 4) is 5.75 Å². The summed E-state index contributed by atoms with van der Waals surface area (Å²) in [5.74, 6) is 0.994. The lowest BCUT2D eigenvalue weighted by molar-refractivity contribution is 0.223. The van der Waals surface area contributed by atoms with Gasteiger partial charge in [0.1, 0.15) is 11.9 Å². The van der Waals surface area contributed by atoms with Gasteiger partial charge in [0.25, 0.3) is 0 Å². The van der Waals surface area contributed by atoms with Crippen molar-refractivity contribution in [1.82, 2.24) is 5.32 Å². The van der Waals surface area contributed by atoms with Crippen molar-refractivity contribution < 1.29 is 4.74 Å².